The fourth-order valence-corrected chi connectivity index (χ4v) is 3.33. The first-order valence-corrected chi connectivity index (χ1v) is 8.57. The summed E-state index contributed by atoms with van der Waals surface area (Å²) in [5.74, 6) is 1.01. The van der Waals surface area contributed by atoms with Crippen LogP contribution in [0.3, 0.4) is 0 Å². The fraction of sp³-hybridized carbons (Fsp3) is 0.421. The number of aryl methyl sites for hydroxylation is 2. The molecule has 0 aliphatic carbocycles. The zero-order valence-corrected chi connectivity index (χ0v) is 14.8. The SMILES string of the molecule is CC(=O)c1c(F)cccc1NC1CCN(c2cc(C)nc(C)n2)CC1. The highest BCUT2D eigenvalue weighted by Gasteiger charge is 2.22. The average molecular weight is 342 g/mol. The Balaban J connectivity index is 1.67. The zero-order chi connectivity index (χ0) is 18.0. The number of anilines is 2. The summed E-state index contributed by atoms with van der Waals surface area (Å²) in [5, 5.41) is 3.35. The smallest absolute Gasteiger partial charge is 0.164 e. The van der Waals surface area contributed by atoms with E-state index in [2.05, 4.69) is 20.2 Å². The highest BCUT2D eigenvalue weighted by atomic mass is 19.1. The molecule has 0 spiro atoms. The molecule has 1 aromatic carbocycles. The third kappa shape index (κ3) is 3.95. The van der Waals surface area contributed by atoms with Crippen molar-refractivity contribution in [2.24, 2.45) is 0 Å². The molecule has 132 valence electrons. The van der Waals surface area contributed by atoms with Gasteiger partial charge in [0.15, 0.2) is 5.78 Å². The number of aromatic nitrogens is 2. The molecule has 0 unspecified atom stereocenters. The predicted octanol–water partition coefficient (Wildman–Crippen LogP) is 3.52. The molecular weight excluding hydrogens is 319 g/mol. The van der Waals surface area contributed by atoms with Gasteiger partial charge in [0.2, 0.25) is 0 Å². The van der Waals surface area contributed by atoms with Crippen molar-refractivity contribution in [1.82, 2.24) is 9.97 Å². The van der Waals surface area contributed by atoms with Gasteiger partial charge in [0.1, 0.15) is 17.5 Å². The van der Waals surface area contributed by atoms with Gasteiger partial charge in [-0.15, -0.1) is 0 Å². The van der Waals surface area contributed by atoms with Gasteiger partial charge in [-0.1, -0.05) is 6.07 Å². The number of hydrogen-bond acceptors (Lipinski definition) is 5. The second kappa shape index (κ2) is 7.17. The third-order valence-electron chi connectivity index (χ3n) is 4.50. The number of rotatable bonds is 4. The van der Waals surface area contributed by atoms with E-state index in [-0.39, 0.29) is 17.4 Å². The summed E-state index contributed by atoms with van der Waals surface area (Å²) in [5.41, 5.74) is 1.69. The number of ketones is 1. The first-order chi connectivity index (χ1) is 11.9. The molecule has 3 rings (SSSR count). The molecule has 1 aliphatic rings. The van der Waals surface area contributed by atoms with Gasteiger partial charge in [-0.05, 0) is 45.7 Å². The van der Waals surface area contributed by atoms with Crippen LogP contribution in [0.2, 0.25) is 0 Å². The number of nitrogens with zero attached hydrogens (tertiary/aromatic N) is 3. The Labute approximate surface area is 147 Å². The van der Waals surface area contributed by atoms with Gasteiger partial charge in [0, 0.05) is 36.6 Å². The first-order valence-electron chi connectivity index (χ1n) is 8.57. The van der Waals surface area contributed by atoms with E-state index in [1.165, 1.54) is 13.0 Å². The minimum absolute atomic E-state index is 0.145. The van der Waals surface area contributed by atoms with Crippen LogP contribution in [0, 0.1) is 19.7 Å². The van der Waals surface area contributed by atoms with E-state index in [9.17, 15) is 9.18 Å². The fourth-order valence-electron chi connectivity index (χ4n) is 3.33. The molecule has 25 heavy (non-hydrogen) atoms. The molecule has 0 saturated carbocycles. The molecule has 0 radical (unpaired) electrons. The van der Waals surface area contributed by atoms with Crippen molar-refractivity contribution in [2.45, 2.75) is 39.7 Å². The van der Waals surface area contributed by atoms with Crippen LogP contribution in [-0.4, -0.2) is 34.9 Å². The molecule has 1 N–H and O–H groups in total. The van der Waals surface area contributed by atoms with Gasteiger partial charge in [0.25, 0.3) is 0 Å². The summed E-state index contributed by atoms with van der Waals surface area (Å²) in [6.07, 6.45) is 1.80. The number of Topliss-reactive ketones (excluding diaryl/α,β-unsaturated/α-hetero) is 1. The van der Waals surface area contributed by atoms with Crippen molar-refractivity contribution in [2.75, 3.05) is 23.3 Å². The van der Waals surface area contributed by atoms with E-state index in [0.717, 1.165) is 43.3 Å². The van der Waals surface area contributed by atoms with E-state index < -0.39 is 5.82 Å². The van der Waals surface area contributed by atoms with Crippen molar-refractivity contribution in [3.05, 3.63) is 47.2 Å². The second-order valence-corrected chi connectivity index (χ2v) is 6.54. The summed E-state index contributed by atoms with van der Waals surface area (Å²) < 4.78 is 13.9. The lowest BCUT2D eigenvalue weighted by atomic mass is 10.0. The van der Waals surface area contributed by atoms with Crippen molar-refractivity contribution in [3.8, 4) is 0 Å². The van der Waals surface area contributed by atoms with Crippen molar-refractivity contribution in [3.63, 3.8) is 0 Å². The number of piperidine rings is 1. The summed E-state index contributed by atoms with van der Waals surface area (Å²) in [6.45, 7) is 6.99. The van der Waals surface area contributed by atoms with Crippen molar-refractivity contribution in [1.29, 1.82) is 0 Å². The molecule has 2 aromatic rings. The van der Waals surface area contributed by atoms with Crippen molar-refractivity contribution < 1.29 is 9.18 Å². The quantitative estimate of drug-likeness (QED) is 0.862. The Hall–Kier alpha value is -2.50. The minimum Gasteiger partial charge on any atom is -0.382 e. The molecule has 0 atom stereocenters. The molecule has 2 heterocycles. The van der Waals surface area contributed by atoms with Crippen LogP contribution in [0.4, 0.5) is 15.9 Å². The lowest BCUT2D eigenvalue weighted by Crippen LogP contribution is -2.39. The molecule has 5 nitrogen and oxygen atoms in total. The van der Waals surface area contributed by atoms with Crippen LogP contribution < -0.4 is 10.2 Å². The Bertz CT molecular complexity index is 765. The molecule has 1 fully saturated rings. The lowest BCUT2D eigenvalue weighted by molar-refractivity contribution is 0.101. The van der Waals surface area contributed by atoms with Gasteiger partial charge < -0.3 is 10.2 Å². The highest BCUT2D eigenvalue weighted by molar-refractivity contribution is 5.99. The summed E-state index contributed by atoms with van der Waals surface area (Å²) in [4.78, 5) is 22.8. The molecule has 6 heteroatoms. The van der Waals surface area contributed by atoms with Gasteiger partial charge in [-0.25, -0.2) is 14.4 Å². The van der Waals surface area contributed by atoms with Crippen LogP contribution in [-0.2, 0) is 0 Å². The normalized spacial score (nSPS) is 15.3. The number of hydrogen-bond donors (Lipinski definition) is 1. The van der Waals surface area contributed by atoms with Crippen LogP contribution in [0.5, 0.6) is 0 Å². The minimum atomic E-state index is -0.470. The molecule has 1 aliphatic heterocycles. The number of carbonyl (C=O) groups is 1. The number of benzene rings is 1. The Morgan fingerprint density at radius 2 is 1.96 bits per heavy atom. The lowest BCUT2D eigenvalue weighted by Gasteiger charge is -2.34. The largest absolute Gasteiger partial charge is 0.382 e. The Kier molecular flexibility index (Phi) is 4.97. The first kappa shape index (κ1) is 17.3. The number of nitrogens with one attached hydrogen (secondary N) is 1. The number of halogens is 1. The molecular formula is C19H23FN4O. The van der Waals surface area contributed by atoms with E-state index in [0.29, 0.717) is 5.69 Å². The predicted molar refractivity (Wildman–Crippen MR) is 96.8 cm³/mol. The van der Waals surface area contributed by atoms with E-state index in [1.54, 1.807) is 12.1 Å². The van der Waals surface area contributed by atoms with Crippen molar-refractivity contribution >= 4 is 17.3 Å². The van der Waals surface area contributed by atoms with Crippen LogP contribution >= 0.6 is 0 Å². The molecule has 0 amide bonds. The highest BCUT2D eigenvalue weighted by Crippen LogP contribution is 2.25. The maximum Gasteiger partial charge on any atom is 0.164 e. The molecule has 0 bridgehead atoms. The zero-order valence-electron chi connectivity index (χ0n) is 14.8. The van der Waals surface area contributed by atoms with E-state index in [1.807, 2.05) is 19.9 Å². The van der Waals surface area contributed by atoms with Crippen LogP contribution in [0.25, 0.3) is 0 Å². The van der Waals surface area contributed by atoms with Gasteiger partial charge in [-0.3, -0.25) is 4.79 Å². The maximum absolute atomic E-state index is 13.9. The Morgan fingerprint density at radius 1 is 1.24 bits per heavy atom. The second-order valence-electron chi connectivity index (χ2n) is 6.54. The topological polar surface area (TPSA) is 58.1 Å². The number of carbonyl (C=O) groups excluding carboxylic acids is 1. The Morgan fingerprint density at radius 3 is 2.60 bits per heavy atom. The summed E-state index contributed by atoms with van der Waals surface area (Å²) in [7, 11) is 0. The van der Waals surface area contributed by atoms with E-state index in [4.69, 9.17) is 0 Å². The van der Waals surface area contributed by atoms with Gasteiger partial charge in [-0.2, -0.15) is 0 Å². The average Bonchev–Trinajstić information content (AvgIpc) is 2.54. The standard InChI is InChI=1S/C19H23FN4O/c1-12-11-18(22-14(3)21-12)24-9-7-15(8-10-24)23-17-6-4-5-16(20)19(17)13(2)25/h4-6,11,15,23H,7-10H2,1-3H3. The van der Waals surface area contributed by atoms with Gasteiger partial charge >= 0.3 is 0 Å². The molecule has 1 saturated heterocycles. The van der Waals surface area contributed by atoms with Crippen LogP contribution in [0.1, 0.15) is 41.6 Å². The summed E-state index contributed by atoms with van der Waals surface area (Å²) >= 11 is 0. The van der Waals surface area contributed by atoms with Gasteiger partial charge in [0.05, 0.1) is 5.56 Å². The molecule has 1 aromatic heterocycles. The maximum atomic E-state index is 13.9. The van der Waals surface area contributed by atoms with Crippen LogP contribution in [0.15, 0.2) is 24.3 Å². The summed E-state index contributed by atoms with van der Waals surface area (Å²) in [6, 6.07) is 6.93. The third-order valence-corrected chi connectivity index (χ3v) is 4.50. The van der Waals surface area contributed by atoms with E-state index >= 15 is 0 Å². The monoisotopic (exact) mass is 342 g/mol.